The van der Waals surface area contributed by atoms with Gasteiger partial charge in [0.25, 0.3) is 5.91 Å². The number of nitrogen functional groups attached to an aromatic ring is 1. The molecular weight excluding hydrogens is 188 g/mol. The first-order valence-electron chi connectivity index (χ1n) is 4.83. The van der Waals surface area contributed by atoms with E-state index in [9.17, 15) is 4.79 Å². The van der Waals surface area contributed by atoms with E-state index in [0.29, 0.717) is 23.4 Å². The molecule has 78 valence electrons. The monoisotopic (exact) mass is 202 g/mol. The lowest BCUT2D eigenvalue weighted by atomic mass is 10.1. The number of hydrogen-bond acceptors (Lipinski definition) is 2. The van der Waals surface area contributed by atoms with Crippen molar-refractivity contribution < 1.29 is 4.79 Å². The fourth-order valence-corrected chi connectivity index (χ4v) is 1.18. The van der Waals surface area contributed by atoms with Gasteiger partial charge in [0, 0.05) is 23.4 Å². The standard InChI is InChI=1S/C12H14N2O/c1-3-7-14-12(15)10-6-5-9(4-2)11(13)8-10/h2,5-6,8H,3,7,13H2,1H3,(H,14,15). The van der Waals surface area contributed by atoms with Crippen LogP contribution in [0, 0.1) is 12.3 Å². The molecule has 0 saturated heterocycles. The van der Waals surface area contributed by atoms with Crippen LogP contribution in [-0.4, -0.2) is 12.5 Å². The molecule has 0 heterocycles. The molecule has 0 aromatic heterocycles. The number of terminal acetylenes is 1. The Bertz CT molecular complexity index is 405. The number of hydrogen-bond donors (Lipinski definition) is 2. The second-order valence-electron chi connectivity index (χ2n) is 3.20. The highest BCUT2D eigenvalue weighted by Crippen LogP contribution is 2.12. The highest BCUT2D eigenvalue weighted by molar-refractivity contribution is 5.95. The summed E-state index contributed by atoms with van der Waals surface area (Å²) in [4.78, 5) is 11.5. The Kier molecular flexibility index (Phi) is 3.75. The summed E-state index contributed by atoms with van der Waals surface area (Å²) in [5.41, 5.74) is 7.29. The fourth-order valence-electron chi connectivity index (χ4n) is 1.18. The maximum atomic E-state index is 11.5. The highest BCUT2D eigenvalue weighted by atomic mass is 16.1. The first-order valence-corrected chi connectivity index (χ1v) is 4.83. The van der Waals surface area contributed by atoms with E-state index in [2.05, 4.69) is 11.2 Å². The first kappa shape index (κ1) is 11.1. The Balaban J connectivity index is 2.84. The van der Waals surface area contributed by atoms with Gasteiger partial charge in [-0.3, -0.25) is 4.79 Å². The van der Waals surface area contributed by atoms with Crippen LogP contribution in [0.15, 0.2) is 18.2 Å². The molecule has 0 spiro atoms. The molecule has 0 aliphatic rings. The summed E-state index contributed by atoms with van der Waals surface area (Å²) in [6, 6.07) is 4.95. The summed E-state index contributed by atoms with van der Waals surface area (Å²) in [6.45, 7) is 2.66. The smallest absolute Gasteiger partial charge is 0.251 e. The zero-order valence-electron chi connectivity index (χ0n) is 8.71. The van der Waals surface area contributed by atoms with Crippen molar-refractivity contribution >= 4 is 11.6 Å². The summed E-state index contributed by atoms with van der Waals surface area (Å²) >= 11 is 0. The van der Waals surface area contributed by atoms with Crippen LogP contribution < -0.4 is 11.1 Å². The molecule has 0 fully saturated rings. The summed E-state index contributed by atoms with van der Waals surface area (Å²) in [6.07, 6.45) is 6.13. The molecule has 3 heteroatoms. The molecule has 0 atom stereocenters. The molecule has 1 aromatic rings. The van der Waals surface area contributed by atoms with Gasteiger partial charge in [0.2, 0.25) is 0 Å². The Morgan fingerprint density at radius 1 is 1.60 bits per heavy atom. The van der Waals surface area contributed by atoms with E-state index < -0.39 is 0 Å². The Morgan fingerprint density at radius 3 is 2.87 bits per heavy atom. The molecular formula is C12H14N2O. The Hall–Kier alpha value is -1.95. The zero-order valence-corrected chi connectivity index (χ0v) is 8.71. The molecule has 1 rings (SSSR count). The molecule has 0 unspecified atom stereocenters. The van der Waals surface area contributed by atoms with Crippen molar-refractivity contribution in [2.24, 2.45) is 0 Å². The van der Waals surface area contributed by atoms with E-state index in [-0.39, 0.29) is 5.91 Å². The number of rotatable bonds is 3. The summed E-state index contributed by atoms with van der Waals surface area (Å²) in [5, 5.41) is 2.77. The van der Waals surface area contributed by atoms with Crippen LogP contribution in [0.5, 0.6) is 0 Å². The van der Waals surface area contributed by atoms with Gasteiger partial charge in [0.15, 0.2) is 0 Å². The molecule has 0 saturated carbocycles. The molecule has 0 radical (unpaired) electrons. The number of nitrogens with one attached hydrogen (secondary N) is 1. The highest BCUT2D eigenvalue weighted by Gasteiger charge is 2.05. The van der Waals surface area contributed by atoms with Crippen molar-refractivity contribution in [3.8, 4) is 12.3 Å². The van der Waals surface area contributed by atoms with Crippen molar-refractivity contribution in [2.75, 3.05) is 12.3 Å². The quantitative estimate of drug-likeness (QED) is 0.575. The van der Waals surface area contributed by atoms with Crippen molar-refractivity contribution in [3.05, 3.63) is 29.3 Å². The predicted octanol–water partition coefficient (Wildman–Crippen LogP) is 1.39. The third kappa shape index (κ3) is 2.75. The average molecular weight is 202 g/mol. The molecule has 0 bridgehead atoms. The largest absolute Gasteiger partial charge is 0.398 e. The number of benzene rings is 1. The fraction of sp³-hybridized carbons (Fsp3) is 0.250. The molecule has 1 aromatic carbocycles. The van der Waals surface area contributed by atoms with Crippen molar-refractivity contribution in [2.45, 2.75) is 13.3 Å². The van der Waals surface area contributed by atoms with E-state index in [1.807, 2.05) is 6.92 Å². The summed E-state index contributed by atoms with van der Waals surface area (Å²) in [7, 11) is 0. The number of anilines is 1. The second-order valence-corrected chi connectivity index (χ2v) is 3.20. The normalized spacial score (nSPS) is 9.33. The van der Waals surface area contributed by atoms with E-state index in [1.54, 1.807) is 18.2 Å². The lowest BCUT2D eigenvalue weighted by Gasteiger charge is -2.05. The molecule has 15 heavy (non-hydrogen) atoms. The third-order valence-electron chi connectivity index (χ3n) is 2.00. The molecule has 3 N–H and O–H groups in total. The van der Waals surface area contributed by atoms with Gasteiger partial charge >= 0.3 is 0 Å². The van der Waals surface area contributed by atoms with Gasteiger partial charge in [-0.1, -0.05) is 12.8 Å². The van der Waals surface area contributed by atoms with Gasteiger partial charge in [-0.05, 0) is 24.6 Å². The third-order valence-corrected chi connectivity index (χ3v) is 2.00. The summed E-state index contributed by atoms with van der Waals surface area (Å²) < 4.78 is 0. The molecule has 0 aliphatic heterocycles. The van der Waals surface area contributed by atoms with Crippen molar-refractivity contribution in [3.63, 3.8) is 0 Å². The molecule has 0 aliphatic carbocycles. The lowest BCUT2D eigenvalue weighted by Crippen LogP contribution is -2.24. The maximum Gasteiger partial charge on any atom is 0.251 e. The van der Waals surface area contributed by atoms with Crippen LogP contribution in [0.2, 0.25) is 0 Å². The zero-order chi connectivity index (χ0) is 11.3. The van der Waals surface area contributed by atoms with Gasteiger partial charge in [-0.15, -0.1) is 6.42 Å². The Labute approximate surface area is 89.7 Å². The van der Waals surface area contributed by atoms with Crippen LogP contribution >= 0.6 is 0 Å². The number of carbonyl (C=O) groups excluding carboxylic acids is 1. The average Bonchev–Trinajstić information content (AvgIpc) is 2.25. The van der Waals surface area contributed by atoms with Crippen LogP contribution in [0.4, 0.5) is 5.69 Å². The van der Waals surface area contributed by atoms with Crippen LogP contribution in [0.25, 0.3) is 0 Å². The Morgan fingerprint density at radius 2 is 2.33 bits per heavy atom. The molecule has 1 amide bonds. The minimum absolute atomic E-state index is 0.118. The minimum atomic E-state index is -0.118. The van der Waals surface area contributed by atoms with Gasteiger partial charge < -0.3 is 11.1 Å². The van der Waals surface area contributed by atoms with E-state index >= 15 is 0 Å². The maximum absolute atomic E-state index is 11.5. The van der Waals surface area contributed by atoms with Crippen LogP contribution in [-0.2, 0) is 0 Å². The minimum Gasteiger partial charge on any atom is -0.398 e. The van der Waals surface area contributed by atoms with E-state index in [4.69, 9.17) is 12.2 Å². The number of carbonyl (C=O) groups is 1. The van der Waals surface area contributed by atoms with Gasteiger partial charge in [0.1, 0.15) is 0 Å². The van der Waals surface area contributed by atoms with Crippen molar-refractivity contribution in [1.29, 1.82) is 0 Å². The van der Waals surface area contributed by atoms with Crippen molar-refractivity contribution in [1.82, 2.24) is 5.32 Å². The summed E-state index contributed by atoms with van der Waals surface area (Å²) in [5.74, 6) is 2.33. The van der Waals surface area contributed by atoms with Gasteiger partial charge in [-0.25, -0.2) is 0 Å². The van der Waals surface area contributed by atoms with Gasteiger partial charge in [0.05, 0.1) is 0 Å². The number of amides is 1. The predicted molar refractivity (Wildman–Crippen MR) is 61.4 cm³/mol. The second kappa shape index (κ2) is 5.06. The van der Waals surface area contributed by atoms with Crippen LogP contribution in [0.3, 0.4) is 0 Å². The number of nitrogens with two attached hydrogens (primary N) is 1. The van der Waals surface area contributed by atoms with Crippen LogP contribution in [0.1, 0.15) is 29.3 Å². The topological polar surface area (TPSA) is 55.1 Å². The SMILES string of the molecule is C#Cc1ccc(C(=O)NCCC)cc1N. The van der Waals surface area contributed by atoms with Gasteiger partial charge in [-0.2, -0.15) is 0 Å². The first-order chi connectivity index (χ1) is 7.19. The van der Waals surface area contributed by atoms with E-state index in [1.165, 1.54) is 0 Å². The van der Waals surface area contributed by atoms with E-state index in [0.717, 1.165) is 6.42 Å². The lowest BCUT2D eigenvalue weighted by molar-refractivity contribution is 0.0953. The molecule has 3 nitrogen and oxygen atoms in total.